The fourth-order valence-corrected chi connectivity index (χ4v) is 4.27. The van der Waals surface area contributed by atoms with Gasteiger partial charge in [0.25, 0.3) is 0 Å². The Hall–Kier alpha value is -2.70. The molecule has 1 amide bonds. The van der Waals surface area contributed by atoms with Crippen molar-refractivity contribution in [1.82, 2.24) is 14.9 Å². The maximum absolute atomic E-state index is 11.4. The molecule has 4 rings (SSSR count). The number of aromatic amines is 1. The number of hydrogen-bond acceptors (Lipinski definition) is 4. The molecular weight excluding hydrogens is 352 g/mol. The number of piperidine rings is 1. The first-order valence-corrected chi connectivity index (χ1v) is 9.88. The summed E-state index contributed by atoms with van der Waals surface area (Å²) in [5.74, 6) is -0.424. The number of aliphatic hydroxyl groups is 1. The van der Waals surface area contributed by atoms with Crippen molar-refractivity contribution in [2.75, 3.05) is 13.2 Å². The van der Waals surface area contributed by atoms with Gasteiger partial charge in [-0.05, 0) is 55.6 Å². The lowest BCUT2D eigenvalue weighted by atomic mass is 9.97. The number of aromatic nitrogens is 2. The quantitative estimate of drug-likeness (QED) is 0.614. The summed E-state index contributed by atoms with van der Waals surface area (Å²) in [7, 11) is 0. The minimum Gasteiger partial charge on any atom is -0.396 e. The largest absolute Gasteiger partial charge is 0.396 e. The third-order valence-corrected chi connectivity index (χ3v) is 5.68. The summed E-state index contributed by atoms with van der Waals surface area (Å²) in [6.07, 6.45) is 6.13. The number of hydrogen-bond donors (Lipinski definition) is 3. The van der Waals surface area contributed by atoms with Crippen LogP contribution in [0.25, 0.3) is 22.2 Å². The smallest absolute Gasteiger partial charge is 0.248 e. The molecule has 6 heteroatoms. The maximum atomic E-state index is 11.4. The number of aliphatic hydroxyl groups excluding tert-OH is 1. The second kappa shape index (κ2) is 8.12. The number of benzene rings is 1. The second-order valence-electron chi connectivity index (χ2n) is 7.45. The molecule has 1 saturated heterocycles. The van der Waals surface area contributed by atoms with Crippen LogP contribution in [0.5, 0.6) is 0 Å². The van der Waals surface area contributed by atoms with E-state index in [2.05, 4.69) is 20.9 Å². The molecule has 3 aromatic rings. The number of nitrogens with one attached hydrogen (secondary N) is 1. The summed E-state index contributed by atoms with van der Waals surface area (Å²) in [5, 5.41) is 10.5. The van der Waals surface area contributed by atoms with Crippen molar-refractivity contribution in [3.05, 3.63) is 53.9 Å². The number of primary amides is 1. The van der Waals surface area contributed by atoms with Crippen molar-refractivity contribution in [2.45, 2.75) is 38.3 Å². The van der Waals surface area contributed by atoms with E-state index in [0.29, 0.717) is 11.6 Å². The van der Waals surface area contributed by atoms with Crippen LogP contribution in [-0.2, 0) is 6.54 Å². The summed E-state index contributed by atoms with van der Waals surface area (Å²) >= 11 is 0. The van der Waals surface area contributed by atoms with Gasteiger partial charge in [-0.25, -0.2) is 4.98 Å². The van der Waals surface area contributed by atoms with Gasteiger partial charge < -0.3 is 15.8 Å². The molecule has 0 saturated carbocycles. The summed E-state index contributed by atoms with van der Waals surface area (Å²) < 4.78 is 0. The fourth-order valence-electron chi connectivity index (χ4n) is 4.27. The van der Waals surface area contributed by atoms with Crippen molar-refractivity contribution in [1.29, 1.82) is 0 Å². The fraction of sp³-hybridized carbons (Fsp3) is 0.364. The normalized spacial score (nSPS) is 17.8. The van der Waals surface area contributed by atoms with Crippen LogP contribution in [0.4, 0.5) is 0 Å². The van der Waals surface area contributed by atoms with Crippen molar-refractivity contribution >= 4 is 16.9 Å². The van der Waals surface area contributed by atoms with E-state index in [-0.39, 0.29) is 6.61 Å². The van der Waals surface area contributed by atoms with Crippen molar-refractivity contribution in [3.8, 4) is 11.1 Å². The second-order valence-corrected chi connectivity index (χ2v) is 7.45. The molecule has 1 aliphatic rings. The minimum absolute atomic E-state index is 0.219. The van der Waals surface area contributed by atoms with Gasteiger partial charge in [0.05, 0.1) is 0 Å². The molecule has 0 bridgehead atoms. The van der Waals surface area contributed by atoms with Crippen molar-refractivity contribution in [3.63, 3.8) is 0 Å². The van der Waals surface area contributed by atoms with Gasteiger partial charge >= 0.3 is 0 Å². The highest BCUT2D eigenvalue weighted by Gasteiger charge is 2.24. The van der Waals surface area contributed by atoms with Crippen molar-refractivity contribution in [2.24, 2.45) is 5.73 Å². The third-order valence-electron chi connectivity index (χ3n) is 5.68. The SMILES string of the molecule is NC(=O)c1ccc(-c2c(CN3CCCCC3CCO)[nH]c3ncccc23)cc1. The van der Waals surface area contributed by atoms with E-state index in [4.69, 9.17) is 5.73 Å². The first-order valence-electron chi connectivity index (χ1n) is 9.88. The highest BCUT2D eigenvalue weighted by molar-refractivity contribution is 5.97. The number of nitrogens with two attached hydrogens (primary N) is 1. The van der Waals surface area contributed by atoms with Gasteiger partial charge in [0.2, 0.25) is 5.91 Å². The maximum Gasteiger partial charge on any atom is 0.248 e. The number of H-pyrrole nitrogens is 1. The van der Waals surface area contributed by atoms with Gasteiger partial charge in [-0.1, -0.05) is 18.6 Å². The molecule has 0 spiro atoms. The van der Waals surface area contributed by atoms with Gasteiger partial charge in [-0.15, -0.1) is 0 Å². The summed E-state index contributed by atoms with van der Waals surface area (Å²) in [4.78, 5) is 21.9. The van der Waals surface area contributed by atoms with E-state index in [1.807, 2.05) is 18.2 Å². The Morgan fingerprint density at radius 3 is 2.82 bits per heavy atom. The van der Waals surface area contributed by atoms with Gasteiger partial charge in [0, 0.05) is 47.6 Å². The highest BCUT2D eigenvalue weighted by atomic mass is 16.3. The molecule has 0 radical (unpaired) electrons. The van der Waals surface area contributed by atoms with Gasteiger partial charge in [-0.2, -0.15) is 0 Å². The van der Waals surface area contributed by atoms with Gasteiger partial charge in [0.1, 0.15) is 5.65 Å². The van der Waals surface area contributed by atoms with Crippen LogP contribution in [0.3, 0.4) is 0 Å². The number of fused-ring (bicyclic) bond motifs is 1. The number of pyridine rings is 1. The van der Waals surface area contributed by atoms with Crippen molar-refractivity contribution < 1.29 is 9.90 Å². The molecule has 1 fully saturated rings. The lowest BCUT2D eigenvalue weighted by Gasteiger charge is -2.35. The van der Waals surface area contributed by atoms with Crippen LogP contribution in [0.2, 0.25) is 0 Å². The molecule has 6 nitrogen and oxygen atoms in total. The van der Waals surface area contributed by atoms with E-state index >= 15 is 0 Å². The zero-order chi connectivity index (χ0) is 19.5. The molecule has 146 valence electrons. The molecule has 1 aliphatic heterocycles. The van der Waals surface area contributed by atoms with Crippen LogP contribution >= 0.6 is 0 Å². The average Bonchev–Trinajstić information content (AvgIpc) is 3.07. The van der Waals surface area contributed by atoms with Crippen LogP contribution in [-0.4, -0.2) is 45.1 Å². The topological polar surface area (TPSA) is 95.2 Å². The molecule has 4 N–H and O–H groups in total. The summed E-state index contributed by atoms with van der Waals surface area (Å²) in [6.45, 7) is 2.04. The Morgan fingerprint density at radius 2 is 2.07 bits per heavy atom. The minimum atomic E-state index is -0.424. The van der Waals surface area contributed by atoms with Crippen LogP contribution < -0.4 is 5.73 Å². The Balaban J connectivity index is 1.73. The molecule has 1 unspecified atom stereocenters. The zero-order valence-corrected chi connectivity index (χ0v) is 15.9. The van der Waals surface area contributed by atoms with E-state index in [0.717, 1.165) is 53.8 Å². The number of carbonyl (C=O) groups excluding carboxylic acids is 1. The van der Waals surface area contributed by atoms with Gasteiger partial charge in [-0.3, -0.25) is 9.69 Å². The average molecular weight is 378 g/mol. The lowest BCUT2D eigenvalue weighted by Crippen LogP contribution is -2.39. The number of rotatable bonds is 6. The molecule has 2 aromatic heterocycles. The third kappa shape index (κ3) is 3.66. The standard InChI is InChI=1S/C22H26N4O2/c23-21(28)16-8-6-15(7-9-16)20-18-5-3-11-24-22(18)25-19(20)14-26-12-2-1-4-17(26)10-13-27/h3,5-9,11,17,27H,1-2,4,10,12-14H2,(H2,23,28)(H,24,25). The monoisotopic (exact) mass is 378 g/mol. The van der Waals surface area contributed by atoms with E-state index in [1.54, 1.807) is 18.3 Å². The molecule has 1 aromatic carbocycles. The number of amides is 1. The predicted molar refractivity (Wildman–Crippen MR) is 110 cm³/mol. The van der Waals surface area contributed by atoms with Crippen LogP contribution in [0.15, 0.2) is 42.6 Å². The summed E-state index contributed by atoms with van der Waals surface area (Å²) in [5.41, 5.74) is 10.0. The molecule has 28 heavy (non-hydrogen) atoms. The van der Waals surface area contributed by atoms with E-state index in [9.17, 15) is 9.90 Å². The van der Waals surface area contributed by atoms with Crippen LogP contribution in [0, 0.1) is 0 Å². The zero-order valence-electron chi connectivity index (χ0n) is 15.9. The molecule has 3 heterocycles. The Kier molecular flexibility index (Phi) is 5.41. The number of carbonyl (C=O) groups is 1. The Morgan fingerprint density at radius 1 is 1.25 bits per heavy atom. The Labute approximate surface area is 164 Å². The summed E-state index contributed by atoms with van der Waals surface area (Å²) in [6, 6.07) is 11.8. The van der Waals surface area contributed by atoms with E-state index < -0.39 is 5.91 Å². The number of nitrogens with zero attached hydrogens (tertiary/aromatic N) is 2. The highest BCUT2D eigenvalue weighted by Crippen LogP contribution is 2.34. The first-order chi connectivity index (χ1) is 13.7. The Bertz CT molecular complexity index is 962. The molecular formula is C22H26N4O2. The lowest BCUT2D eigenvalue weighted by molar-refractivity contribution is 0.1000. The van der Waals surface area contributed by atoms with E-state index in [1.165, 1.54) is 12.8 Å². The van der Waals surface area contributed by atoms with Gasteiger partial charge in [0.15, 0.2) is 0 Å². The predicted octanol–water partition coefficient (Wildman–Crippen LogP) is 3.07. The molecule has 0 aliphatic carbocycles. The first kappa shape index (κ1) is 18.7. The molecule has 1 atom stereocenters. The number of likely N-dealkylation sites (tertiary alicyclic amines) is 1. The van der Waals surface area contributed by atoms with Crippen LogP contribution in [0.1, 0.15) is 41.7 Å².